The molecular formula is C22H22N2O2. The summed E-state index contributed by atoms with van der Waals surface area (Å²) in [6, 6.07) is 0. The maximum Gasteiger partial charge on any atom is 0.297 e. The van der Waals surface area contributed by atoms with Crippen LogP contribution in [0.1, 0.15) is 52.9 Å². The Morgan fingerprint density at radius 3 is 1.69 bits per heavy atom. The molecule has 5 rings (SSSR count). The molecule has 2 aliphatic heterocycles. The van der Waals surface area contributed by atoms with Crippen LogP contribution in [0.15, 0.2) is 23.5 Å². The van der Waals surface area contributed by atoms with Gasteiger partial charge in [-0.25, -0.2) is 0 Å². The third-order valence-corrected chi connectivity index (χ3v) is 5.77. The van der Waals surface area contributed by atoms with Crippen molar-refractivity contribution < 1.29 is 9.47 Å². The molecule has 0 amide bonds. The molecule has 1 aliphatic carbocycles. The number of ether oxygens (including phenoxy) is 2. The van der Waals surface area contributed by atoms with Crippen LogP contribution < -0.4 is 9.47 Å². The summed E-state index contributed by atoms with van der Waals surface area (Å²) in [5.41, 5.74) is 8.72. The van der Waals surface area contributed by atoms with Gasteiger partial charge in [0.1, 0.15) is 0 Å². The predicted octanol–water partition coefficient (Wildman–Crippen LogP) is 4.84. The molecule has 2 aromatic heterocycles. The normalized spacial score (nSPS) is 18.9. The lowest BCUT2D eigenvalue weighted by Gasteiger charge is -2.46. The second-order valence-electron chi connectivity index (χ2n) is 7.55. The Hall–Kier alpha value is -2.62. The van der Waals surface area contributed by atoms with E-state index >= 15 is 0 Å². The van der Waals surface area contributed by atoms with Crippen LogP contribution in [0, 0.1) is 27.7 Å². The van der Waals surface area contributed by atoms with Crippen molar-refractivity contribution in [2.24, 2.45) is 0 Å². The Morgan fingerprint density at radius 2 is 1.23 bits per heavy atom. The molecule has 0 saturated heterocycles. The zero-order valence-corrected chi connectivity index (χ0v) is 15.6. The van der Waals surface area contributed by atoms with Gasteiger partial charge in [-0.3, -0.25) is 9.97 Å². The van der Waals surface area contributed by atoms with Crippen LogP contribution in [-0.4, -0.2) is 15.8 Å². The van der Waals surface area contributed by atoms with Gasteiger partial charge in [0.05, 0.1) is 11.4 Å². The summed E-state index contributed by atoms with van der Waals surface area (Å²) >= 11 is 0. The van der Waals surface area contributed by atoms with Crippen molar-refractivity contribution >= 4 is 12.2 Å². The first-order chi connectivity index (χ1) is 12.5. The number of hydrogen-bond donors (Lipinski definition) is 0. The summed E-state index contributed by atoms with van der Waals surface area (Å²) in [5, 5.41) is 0. The molecule has 132 valence electrons. The van der Waals surface area contributed by atoms with E-state index in [0.717, 1.165) is 64.4 Å². The number of pyridine rings is 2. The molecule has 0 N–H and O–H groups in total. The number of nitrogens with zero attached hydrogens (tertiary/aromatic N) is 2. The highest BCUT2D eigenvalue weighted by Gasteiger charge is 2.50. The fourth-order valence-corrected chi connectivity index (χ4v) is 4.27. The number of aryl methyl sites for hydroxylation is 4. The molecular weight excluding hydrogens is 324 g/mol. The molecule has 4 heteroatoms. The Bertz CT molecular complexity index is 936. The Kier molecular flexibility index (Phi) is 3.12. The van der Waals surface area contributed by atoms with E-state index in [4.69, 9.17) is 9.47 Å². The van der Waals surface area contributed by atoms with Crippen LogP contribution in [0.25, 0.3) is 12.2 Å². The van der Waals surface area contributed by atoms with Gasteiger partial charge < -0.3 is 9.47 Å². The second-order valence-corrected chi connectivity index (χ2v) is 7.55. The summed E-state index contributed by atoms with van der Waals surface area (Å²) in [6.45, 7) is 8.15. The van der Waals surface area contributed by atoms with E-state index < -0.39 is 5.79 Å². The van der Waals surface area contributed by atoms with E-state index in [1.807, 2.05) is 26.2 Å². The van der Waals surface area contributed by atoms with Crippen LogP contribution in [0.3, 0.4) is 0 Å². The van der Waals surface area contributed by atoms with E-state index in [-0.39, 0.29) is 0 Å². The first-order valence-corrected chi connectivity index (χ1v) is 9.22. The van der Waals surface area contributed by atoms with Crippen molar-refractivity contribution in [1.82, 2.24) is 9.97 Å². The molecule has 0 aromatic carbocycles. The van der Waals surface area contributed by atoms with Crippen LogP contribution in [-0.2, 0) is 0 Å². The van der Waals surface area contributed by atoms with Gasteiger partial charge in [0.2, 0.25) is 0 Å². The topological polar surface area (TPSA) is 44.2 Å². The van der Waals surface area contributed by atoms with E-state index in [9.17, 15) is 0 Å². The smallest absolute Gasteiger partial charge is 0.297 e. The lowest BCUT2D eigenvalue weighted by molar-refractivity contribution is -0.0634. The van der Waals surface area contributed by atoms with Crippen molar-refractivity contribution in [3.63, 3.8) is 0 Å². The number of hydrogen-bond acceptors (Lipinski definition) is 4. The minimum Gasteiger partial charge on any atom is -0.442 e. The van der Waals surface area contributed by atoms with Crippen molar-refractivity contribution in [2.75, 3.05) is 0 Å². The summed E-state index contributed by atoms with van der Waals surface area (Å²) in [6.07, 6.45) is 11.4. The summed E-state index contributed by atoms with van der Waals surface area (Å²) < 4.78 is 13.3. The number of fused-ring (bicyclic) bond motifs is 2. The van der Waals surface area contributed by atoms with Crippen molar-refractivity contribution in [3.8, 4) is 11.5 Å². The van der Waals surface area contributed by atoms with Gasteiger partial charge in [-0.15, -0.1) is 0 Å². The van der Waals surface area contributed by atoms with Crippen molar-refractivity contribution in [2.45, 2.75) is 52.7 Å². The Morgan fingerprint density at radius 1 is 0.769 bits per heavy atom. The SMILES string of the molecule is Cc1cnc(C)c2c1C=C1CCCC3=Cc4c(C)cnc(C)c4OC13O2. The largest absolute Gasteiger partial charge is 0.442 e. The minimum absolute atomic E-state index is 0.835. The van der Waals surface area contributed by atoms with Gasteiger partial charge in [0.25, 0.3) is 5.79 Å². The van der Waals surface area contributed by atoms with E-state index in [2.05, 4.69) is 36.0 Å². The molecule has 26 heavy (non-hydrogen) atoms. The first-order valence-electron chi connectivity index (χ1n) is 9.22. The molecule has 3 aliphatic rings. The van der Waals surface area contributed by atoms with Crippen LogP contribution in [0.2, 0.25) is 0 Å². The molecule has 0 radical (unpaired) electrons. The van der Waals surface area contributed by atoms with Crippen molar-refractivity contribution in [3.05, 3.63) is 57.2 Å². The van der Waals surface area contributed by atoms with E-state index in [1.165, 1.54) is 11.1 Å². The van der Waals surface area contributed by atoms with Gasteiger partial charge in [-0.05, 0) is 70.2 Å². The van der Waals surface area contributed by atoms with Crippen LogP contribution in [0.4, 0.5) is 0 Å². The molecule has 0 unspecified atom stereocenters. The van der Waals surface area contributed by atoms with Gasteiger partial charge >= 0.3 is 0 Å². The highest BCUT2D eigenvalue weighted by molar-refractivity contribution is 5.75. The average molecular weight is 346 g/mol. The number of aromatic nitrogens is 2. The number of rotatable bonds is 0. The van der Waals surface area contributed by atoms with Gasteiger partial charge in [0.15, 0.2) is 11.5 Å². The maximum absolute atomic E-state index is 6.64. The zero-order chi connectivity index (χ0) is 18.1. The maximum atomic E-state index is 6.64. The zero-order valence-electron chi connectivity index (χ0n) is 15.6. The quantitative estimate of drug-likeness (QED) is 0.684. The van der Waals surface area contributed by atoms with Gasteiger partial charge in [-0.1, -0.05) is 0 Å². The van der Waals surface area contributed by atoms with Crippen LogP contribution in [0.5, 0.6) is 11.5 Å². The molecule has 1 spiro atoms. The third-order valence-electron chi connectivity index (χ3n) is 5.77. The van der Waals surface area contributed by atoms with E-state index in [1.54, 1.807) is 0 Å². The molecule has 4 heterocycles. The molecule has 2 aromatic rings. The third kappa shape index (κ3) is 1.96. The minimum atomic E-state index is -0.835. The monoisotopic (exact) mass is 346 g/mol. The highest BCUT2D eigenvalue weighted by Crippen LogP contribution is 2.52. The fourth-order valence-electron chi connectivity index (χ4n) is 4.27. The Balaban J connectivity index is 1.76. The summed E-state index contributed by atoms with van der Waals surface area (Å²) in [5.74, 6) is 0.838. The molecule has 0 bridgehead atoms. The van der Waals surface area contributed by atoms with Crippen molar-refractivity contribution in [1.29, 1.82) is 0 Å². The highest BCUT2D eigenvalue weighted by atomic mass is 16.7. The van der Waals surface area contributed by atoms with Gasteiger partial charge in [0, 0.05) is 34.7 Å². The van der Waals surface area contributed by atoms with Gasteiger partial charge in [-0.2, -0.15) is 0 Å². The predicted molar refractivity (Wildman–Crippen MR) is 101 cm³/mol. The first kappa shape index (κ1) is 15.6. The fraction of sp³-hybridized carbons (Fsp3) is 0.364. The molecule has 4 nitrogen and oxygen atoms in total. The molecule has 0 atom stereocenters. The standard InChI is InChI=1S/C22H22N2O2/c1-12-10-23-14(3)20-18(12)8-16-6-5-7-17-9-19-13(2)11-24-15(4)21(19)26-22(16,17)25-20/h8-11H,5-7H2,1-4H3. The molecule has 1 fully saturated rings. The van der Waals surface area contributed by atoms with Crippen LogP contribution >= 0.6 is 0 Å². The summed E-state index contributed by atoms with van der Waals surface area (Å²) in [4.78, 5) is 9.00. The second kappa shape index (κ2) is 5.19. The summed E-state index contributed by atoms with van der Waals surface area (Å²) in [7, 11) is 0. The lowest BCUT2D eigenvalue weighted by Crippen LogP contribution is -2.51. The van der Waals surface area contributed by atoms with E-state index in [0.29, 0.717) is 0 Å². The average Bonchev–Trinajstić information content (AvgIpc) is 2.64. The Labute approximate surface area is 153 Å². The molecule has 1 saturated carbocycles. The lowest BCUT2D eigenvalue weighted by atomic mass is 9.79.